The second-order valence-corrected chi connectivity index (χ2v) is 9.22. The van der Waals surface area contributed by atoms with E-state index in [0.717, 1.165) is 34.0 Å². The van der Waals surface area contributed by atoms with Crippen LogP contribution in [0, 0.1) is 0 Å². The van der Waals surface area contributed by atoms with Gasteiger partial charge in [-0.1, -0.05) is 12.1 Å². The largest absolute Gasteiger partial charge is 0.347 e. The molecule has 0 unspecified atom stereocenters. The zero-order chi connectivity index (χ0) is 20.4. The zero-order valence-electron chi connectivity index (χ0n) is 15.5. The predicted molar refractivity (Wildman–Crippen MR) is 115 cm³/mol. The van der Waals surface area contributed by atoms with Crippen LogP contribution in [0.15, 0.2) is 60.2 Å². The van der Waals surface area contributed by atoms with Gasteiger partial charge in [0.2, 0.25) is 10.0 Å². The molecule has 0 aliphatic carbocycles. The van der Waals surface area contributed by atoms with Crippen molar-refractivity contribution in [2.45, 2.75) is 6.54 Å². The van der Waals surface area contributed by atoms with Gasteiger partial charge in [-0.15, -0.1) is 11.3 Å². The highest BCUT2D eigenvalue weighted by Gasteiger charge is 2.13. The average Bonchev–Trinajstić information content (AvgIpc) is 3.32. The fraction of sp³-hybridized carbons (Fsp3) is 0.100. The smallest absolute Gasteiger partial charge is 0.261 e. The lowest BCUT2D eigenvalue weighted by Gasteiger charge is -2.07. The summed E-state index contributed by atoms with van der Waals surface area (Å²) in [5.41, 5.74) is 4.03. The van der Waals surface area contributed by atoms with Crippen LogP contribution < -0.4 is 10.0 Å². The third-order valence-corrected chi connectivity index (χ3v) is 5.80. The highest BCUT2D eigenvalue weighted by molar-refractivity contribution is 7.92. The molecule has 4 rings (SSSR count). The first-order valence-corrected chi connectivity index (χ1v) is 11.5. The molecule has 3 heterocycles. The third kappa shape index (κ3) is 4.47. The molecule has 0 saturated carbocycles. The molecule has 3 N–H and O–H groups in total. The van der Waals surface area contributed by atoms with Crippen LogP contribution in [-0.2, 0) is 16.6 Å². The summed E-state index contributed by atoms with van der Waals surface area (Å²) in [7, 11) is -3.35. The molecule has 0 bridgehead atoms. The topological polar surface area (TPSA) is 104 Å². The summed E-state index contributed by atoms with van der Waals surface area (Å²) in [5.74, 6) is -0.180. The standard InChI is InChI=1S/C20H18N4O3S2/c1-29(26,27)24-15-5-2-4-13(8-15)10-23-20(25)18-9-14(12-28-18)17-11-22-19-16(17)6-3-7-21-19/h2-9,11-12,24H,10H2,1H3,(H,21,22)(H,23,25). The minimum Gasteiger partial charge on any atom is -0.347 e. The highest BCUT2D eigenvalue weighted by atomic mass is 32.2. The van der Waals surface area contributed by atoms with E-state index in [1.165, 1.54) is 11.3 Å². The maximum Gasteiger partial charge on any atom is 0.261 e. The number of fused-ring (bicyclic) bond motifs is 1. The lowest BCUT2D eigenvalue weighted by Crippen LogP contribution is -2.21. The van der Waals surface area contributed by atoms with Gasteiger partial charge in [-0.2, -0.15) is 0 Å². The van der Waals surface area contributed by atoms with Gasteiger partial charge in [0.15, 0.2) is 0 Å². The molecule has 4 aromatic rings. The van der Waals surface area contributed by atoms with Gasteiger partial charge in [-0.05, 0) is 46.8 Å². The second-order valence-electron chi connectivity index (χ2n) is 6.56. The number of thiophene rings is 1. The number of anilines is 1. The van der Waals surface area contributed by atoms with Crippen LogP contribution in [-0.4, -0.2) is 30.5 Å². The number of nitrogens with zero attached hydrogens (tertiary/aromatic N) is 1. The number of aromatic nitrogens is 2. The molecule has 1 amide bonds. The van der Waals surface area contributed by atoms with Gasteiger partial charge in [0.05, 0.1) is 11.1 Å². The minimum absolute atomic E-state index is 0.180. The van der Waals surface area contributed by atoms with E-state index in [9.17, 15) is 13.2 Å². The first-order chi connectivity index (χ1) is 13.9. The molecule has 0 spiro atoms. The molecule has 0 atom stereocenters. The molecule has 3 aromatic heterocycles. The second kappa shape index (κ2) is 7.69. The van der Waals surface area contributed by atoms with E-state index in [2.05, 4.69) is 20.0 Å². The van der Waals surface area contributed by atoms with Crippen molar-refractivity contribution in [2.24, 2.45) is 0 Å². The lowest BCUT2D eigenvalue weighted by atomic mass is 10.1. The van der Waals surface area contributed by atoms with Crippen LogP contribution in [0.4, 0.5) is 5.69 Å². The minimum atomic E-state index is -3.35. The molecule has 0 saturated heterocycles. The molecule has 0 aliphatic heterocycles. The van der Waals surface area contributed by atoms with Crippen LogP contribution >= 0.6 is 11.3 Å². The van der Waals surface area contributed by atoms with E-state index >= 15 is 0 Å². The van der Waals surface area contributed by atoms with E-state index < -0.39 is 10.0 Å². The van der Waals surface area contributed by atoms with E-state index in [4.69, 9.17) is 0 Å². The molecule has 0 radical (unpaired) electrons. The number of rotatable bonds is 6. The van der Waals surface area contributed by atoms with Crippen molar-refractivity contribution < 1.29 is 13.2 Å². The number of sulfonamides is 1. The molecule has 7 nitrogen and oxygen atoms in total. The Morgan fingerprint density at radius 3 is 2.90 bits per heavy atom. The van der Waals surface area contributed by atoms with Gasteiger partial charge in [0.25, 0.3) is 5.91 Å². The normalized spacial score (nSPS) is 11.5. The van der Waals surface area contributed by atoms with Crippen LogP contribution in [0.2, 0.25) is 0 Å². The molecular weight excluding hydrogens is 408 g/mol. The number of aromatic amines is 1. The average molecular weight is 427 g/mol. The third-order valence-electron chi connectivity index (χ3n) is 4.27. The number of amides is 1. The molecule has 0 aliphatic rings. The maximum absolute atomic E-state index is 12.5. The number of hydrogen-bond acceptors (Lipinski definition) is 5. The number of nitrogens with one attached hydrogen (secondary N) is 3. The molecule has 9 heteroatoms. The van der Waals surface area contributed by atoms with Crippen molar-refractivity contribution in [3.05, 3.63) is 70.7 Å². The first-order valence-electron chi connectivity index (χ1n) is 8.75. The summed E-state index contributed by atoms with van der Waals surface area (Å²) in [5, 5.41) is 5.83. The summed E-state index contributed by atoms with van der Waals surface area (Å²) in [4.78, 5) is 20.6. The van der Waals surface area contributed by atoms with E-state index in [1.54, 1.807) is 24.4 Å². The molecular formula is C20H18N4O3S2. The van der Waals surface area contributed by atoms with Crippen LogP contribution in [0.3, 0.4) is 0 Å². The summed E-state index contributed by atoms with van der Waals surface area (Å²) in [6.45, 7) is 0.294. The number of H-pyrrole nitrogens is 1. The van der Waals surface area contributed by atoms with E-state index in [1.807, 2.05) is 35.8 Å². The lowest BCUT2D eigenvalue weighted by molar-refractivity contribution is 0.0955. The Labute approximate surface area is 171 Å². The number of carbonyl (C=O) groups is 1. The maximum atomic E-state index is 12.5. The Bertz CT molecular complexity index is 1290. The van der Waals surface area contributed by atoms with Gasteiger partial charge in [-0.3, -0.25) is 9.52 Å². The Balaban J connectivity index is 1.46. The van der Waals surface area contributed by atoms with Gasteiger partial charge in [0, 0.05) is 35.6 Å². The quantitative estimate of drug-likeness (QED) is 0.438. The Morgan fingerprint density at radius 1 is 1.21 bits per heavy atom. The van der Waals surface area contributed by atoms with Gasteiger partial charge in [0.1, 0.15) is 5.65 Å². The summed E-state index contributed by atoms with van der Waals surface area (Å²) < 4.78 is 25.1. The summed E-state index contributed by atoms with van der Waals surface area (Å²) >= 11 is 1.37. The van der Waals surface area contributed by atoms with Crippen molar-refractivity contribution in [2.75, 3.05) is 11.0 Å². The number of pyridine rings is 1. The highest BCUT2D eigenvalue weighted by Crippen LogP contribution is 2.31. The van der Waals surface area contributed by atoms with Crippen LogP contribution in [0.5, 0.6) is 0 Å². The Kier molecular flexibility index (Phi) is 5.08. The fourth-order valence-electron chi connectivity index (χ4n) is 3.02. The van der Waals surface area contributed by atoms with Crippen molar-refractivity contribution in [1.29, 1.82) is 0 Å². The summed E-state index contributed by atoms with van der Waals surface area (Å²) in [6.07, 6.45) is 4.72. The van der Waals surface area contributed by atoms with Crippen LogP contribution in [0.1, 0.15) is 15.2 Å². The van der Waals surface area contributed by atoms with Crippen molar-refractivity contribution in [3.8, 4) is 11.1 Å². The molecule has 1 aromatic carbocycles. The molecule has 0 fully saturated rings. The van der Waals surface area contributed by atoms with Crippen molar-refractivity contribution >= 4 is 44.0 Å². The van der Waals surface area contributed by atoms with Crippen molar-refractivity contribution in [3.63, 3.8) is 0 Å². The fourth-order valence-corrected chi connectivity index (χ4v) is 4.40. The Hall–Kier alpha value is -3.17. The van der Waals surface area contributed by atoms with Gasteiger partial charge < -0.3 is 10.3 Å². The van der Waals surface area contributed by atoms with Gasteiger partial charge in [-0.25, -0.2) is 13.4 Å². The molecule has 148 valence electrons. The van der Waals surface area contributed by atoms with E-state index in [0.29, 0.717) is 17.1 Å². The number of hydrogen-bond donors (Lipinski definition) is 3. The first kappa shape index (κ1) is 19.2. The monoisotopic (exact) mass is 426 g/mol. The molecule has 29 heavy (non-hydrogen) atoms. The SMILES string of the molecule is CS(=O)(=O)Nc1cccc(CNC(=O)c2cc(-c3c[nH]c4ncccc34)cs2)c1. The number of benzene rings is 1. The zero-order valence-corrected chi connectivity index (χ0v) is 17.1. The van der Waals surface area contributed by atoms with Crippen molar-refractivity contribution in [1.82, 2.24) is 15.3 Å². The summed E-state index contributed by atoms with van der Waals surface area (Å²) in [6, 6.07) is 12.6. The predicted octanol–water partition coefficient (Wildman–Crippen LogP) is 3.59. The number of carbonyl (C=O) groups excluding carboxylic acids is 1. The van der Waals surface area contributed by atoms with Gasteiger partial charge >= 0.3 is 0 Å². The van der Waals surface area contributed by atoms with Crippen LogP contribution in [0.25, 0.3) is 22.2 Å². The van der Waals surface area contributed by atoms with E-state index in [-0.39, 0.29) is 5.91 Å². The Morgan fingerprint density at radius 2 is 2.07 bits per heavy atom.